The van der Waals surface area contributed by atoms with Gasteiger partial charge >= 0.3 is 0 Å². The van der Waals surface area contributed by atoms with Crippen LogP contribution in [0.1, 0.15) is 17.2 Å². The van der Waals surface area contributed by atoms with Gasteiger partial charge < -0.3 is 14.8 Å². The monoisotopic (exact) mass is 313 g/mol. The molecule has 1 unspecified atom stereocenters. The Hall–Kier alpha value is -2.11. The minimum Gasteiger partial charge on any atom is -0.493 e. The van der Waals surface area contributed by atoms with Gasteiger partial charge in [-0.15, -0.1) is 0 Å². The average molecular weight is 313 g/mol. The van der Waals surface area contributed by atoms with E-state index in [0.29, 0.717) is 6.04 Å². The van der Waals surface area contributed by atoms with Gasteiger partial charge in [-0.1, -0.05) is 18.2 Å². The van der Waals surface area contributed by atoms with Gasteiger partial charge in [0.15, 0.2) is 11.5 Å². The van der Waals surface area contributed by atoms with E-state index in [1.54, 1.807) is 14.2 Å². The molecular weight excluding hydrogens is 290 g/mol. The van der Waals surface area contributed by atoms with E-state index in [-0.39, 0.29) is 0 Å². The molecule has 23 heavy (non-hydrogen) atoms. The van der Waals surface area contributed by atoms with Crippen LogP contribution in [0.5, 0.6) is 11.5 Å². The number of nitrogens with zero attached hydrogens (tertiary/aromatic N) is 2. The molecule has 1 aliphatic rings. The molecule has 1 aliphatic heterocycles. The molecule has 0 bridgehead atoms. The lowest BCUT2D eigenvalue weighted by atomic mass is 10.0. The second kappa shape index (κ2) is 7.44. The lowest BCUT2D eigenvalue weighted by molar-refractivity contribution is 0.151. The third-order valence-corrected chi connectivity index (χ3v) is 4.28. The third kappa shape index (κ3) is 3.46. The van der Waals surface area contributed by atoms with Crippen LogP contribution in [0.2, 0.25) is 0 Å². The molecular formula is C18H23N3O2. The number of hydrogen-bond donors (Lipinski definition) is 1. The summed E-state index contributed by atoms with van der Waals surface area (Å²) >= 11 is 0. The molecule has 122 valence electrons. The fraction of sp³-hybridized carbons (Fsp3) is 0.389. The normalized spacial score (nSPS) is 18.6. The summed E-state index contributed by atoms with van der Waals surface area (Å²) in [6.45, 7) is 3.72. The number of hydrogen-bond acceptors (Lipinski definition) is 5. The summed E-state index contributed by atoms with van der Waals surface area (Å²) < 4.78 is 11.0. The number of benzene rings is 1. The Bertz CT molecular complexity index is 633. The first-order chi connectivity index (χ1) is 11.3. The molecule has 1 aromatic heterocycles. The molecule has 1 N–H and O–H groups in total. The largest absolute Gasteiger partial charge is 0.493 e. The highest BCUT2D eigenvalue weighted by molar-refractivity contribution is 5.46. The highest BCUT2D eigenvalue weighted by Gasteiger charge is 2.25. The van der Waals surface area contributed by atoms with Crippen molar-refractivity contribution in [2.24, 2.45) is 0 Å². The summed E-state index contributed by atoms with van der Waals surface area (Å²) in [5, 5.41) is 3.47. The molecule has 0 radical (unpaired) electrons. The molecule has 3 rings (SSSR count). The first-order valence-corrected chi connectivity index (χ1v) is 7.88. The van der Waals surface area contributed by atoms with E-state index in [0.717, 1.165) is 43.2 Å². The summed E-state index contributed by atoms with van der Waals surface area (Å²) in [5.41, 5.74) is 2.38. The van der Waals surface area contributed by atoms with E-state index >= 15 is 0 Å². The average Bonchev–Trinajstić information content (AvgIpc) is 2.62. The number of aromatic nitrogens is 1. The number of ether oxygens (including phenoxy) is 2. The predicted octanol–water partition coefficient (Wildman–Crippen LogP) is 2.25. The first-order valence-electron chi connectivity index (χ1n) is 7.88. The van der Waals surface area contributed by atoms with Gasteiger partial charge in [0.1, 0.15) is 0 Å². The van der Waals surface area contributed by atoms with Crippen molar-refractivity contribution in [3.8, 4) is 11.5 Å². The van der Waals surface area contributed by atoms with E-state index < -0.39 is 0 Å². The number of pyridine rings is 1. The molecule has 1 aromatic carbocycles. The molecule has 5 nitrogen and oxygen atoms in total. The van der Waals surface area contributed by atoms with Crippen LogP contribution >= 0.6 is 0 Å². The van der Waals surface area contributed by atoms with E-state index in [9.17, 15) is 0 Å². The quantitative estimate of drug-likeness (QED) is 0.917. The zero-order valence-electron chi connectivity index (χ0n) is 13.7. The van der Waals surface area contributed by atoms with Gasteiger partial charge in [0, 0.05) is 50.2 Å². The highest BCUT2D eigenvalue weighted by Crippen LogP contribution is 2.33. The molecule has 2 heterocycles. The molecule has 1 fully saturated rings. The van der Waals surface area contributed by atoms with Crippen LogP contribution in [0.25, 0.3) is 0 Å². The third-order valence-electron chi connectivity index (χ3n) is 4.28. The molecule has 1 saturated heterocycles. The minimum absolute atomic E-state index is 0.313. The molecule has 1 atom stereocenters. The summed E-state index contributed by atoms with van der Waals surface area (Å²) in [4.78, 5) is 6.73. The molecule has 0 aliphatic carbocycles. The zero-order valence-corrected chi connectivity index (χ0v) is 13.7. The Labute approximate surface area is 137 Å². The van der Waals surface area contributed by atoms with E-state index in [1.165, 1.54) is 5.56 Å². The van der Waals surface area contributed by atoms with Crippen LogP contribution in [0.15, 0.2) is 42.7 Å². The summed E-state index contributed by atoms with van der Waals surface area (Å²) in [7, 11) is 3.36. The number of nitrogens with one attached hydrogen (secondary N) is 1. The lowest BCUT2D eigenvalue weighted by Crippen LogP contribution is -2.45. The highest BCUT2D eigenvalue weighted by atomic mass is 16.5. The fourth-order valence-corrected chi connectivity index (χ4v) is 3.13. The van der Waals surface area contributed by atoms with Gasteiger partial charge in [0.05, 0.1) is 14.2 Å². The van der Waals surface area contributed by atoms with Gasteiger partial charge in [-0.25, -0.2) is 0 Å². The van der Waals surface area contributed by atoms with Crippen LogP contribution in [0.4, 0.5) is 0 Å². The van der Waals surface area contributed by atoms with Crippen molar-refractivity contribution in [1.29, 1.82) is 0 Å². The van der Waals surface area contributed by atoms with Crippen molar-refractivity contribution in [3.05, 3.63) is 53.9 Å². The Kier molecular flexibility index (Phi) is 5.10. The fourth-order valence-electron chi connectivity index (χ4n) is 3.13. The Morgan fingerprint density at radius 1 is 1.22 bits per heavy atom. The van der Waals surface area contributed by atoms with Crippen LogP contribution in [-0.2, 0) is 6.54 Å². The van der Waals surface area contributed by atoms with Crippen molar-refractivity contribution in [2.45, 2.75) is 12.6 Å². The first kappa shape index (κ1) is 15.8. The van der Waals surface area contributed by atoms with Gasteiger partial charge in [-0.2, -0.15) is 0 Å². The number of methoxy groups -OCH3 is 2. The van der Waals surface area contributed by atoms with Crippen molar-refractivity contribution < 1.29 is 9.47 Å². The van der Waals surface area contributed by atoms with Crippen molar-refractivity contribution in [1.82, 2.24) is 15.2 Å². The summed E-state index contributed by atoms with van der Waals surface area (Å²) in [6.07, 6.45) is 3.77. The maximum atomic E-state index is 5.57. The zero-order chi connectivity index (χ0) is 16.1. The van der Waals surface area contributed by atoms with Gasteiger partial charge in [0.25, 0.3) is 0 Å². The van der Waals surface area contributed by atoms with E-state index in [1.807, 2.05) is 30.6 Å². The molecule has 5 heteroatoms. The standard InChI is InChI=1S/C18H23N3O2/c1-22-17-7-3-5-15(18(17)23-2)13-21-10-9-20-12-16(21)14-6-4-8-19-11-14/h3-8,11,16,20H,9-10,12-13H2,1-2H3. The lowest BCUT2D eigenvalue weighted by Gasteiger charge is -2.36. The maximum Gasteiger partial charge on any atom is 0.165 e. The molecule has 0 amide bonds. The second-order valence-corrected chi connectivity index (χ2v) is 5.63. The van der Waals surface area contributed by atoms with Gasteiger partial charge in [-0.3, -0.25) is 9.88 Å². The molecule has 0 spiro atoms. The van der Waals surface area contributed by atoms with Crippen molar-refractivity contribution >= 4 is 0 Å². The predicted molar refractivity (Wildman–Crippen MR) is 89.8 cm³/mol. The topological polar surface area (TPSA) is 46.6 Å². The van der Waals surface area contributed by atoms with Gasteiger partial charge in [-0.05, 0) is 17.7 Å². The number of rotatable bonds is 5. The van der Waals surface area contributed by atoms with Crippen LogP contribution < -0.4 is 14.8 Å². The molecule has 0 saturated carbocycles. The smallest absolute Gasteiger partial charge is 0.165 e. The Morgan fingerprint density at radius 3 is 2.87 bits per heavy atom. The van der Waals surface area contributed by atoms with Crippen LogP contribution in [0, 0.1) is 0 Å². The Morgan fingerprint density at radius 2 is 2.13 bits per heavy atom. The number of piperazine rings is 1. The SMILES string of the molecule is COc1cccc(CN2CCNCC2c2cccnc2)c1OC. The van der Waals surface area contributed by atoms with Crippen molar-refractivity contribution in [2.75, 3.05) is 33.9 Å². The van der Waals surface area contributed by atoms with E-state index in [2.05, 4.69) is 27.3 Å². The summed E-state index contributed by atoms with van der Waals surface area (Å²) in [5.74, 6) is 1.59. The minimum atomic E-state index is 0.313. The van der Waals surface area contributed by atoms with Crippen LogP contribution in [-0.4, -0.2) is 43.7 Å². The van der Waals surface area contributed by atoms with Gasteiger partial charge in [0.2, 0.25) is 0 Å². The van der Waals surface area contributed by atoms with Crippen molar-refractivity contribution in [3.63, 3.8) is 0 Å². The Balaban J connectivity index is 1.85. The molecule has 2 aromatic rings. The maximum absolute atomic E-state index is 5.57. The van der Waals surface area contributed by atoms with E-state index in [4.69, 9.17) is 9.47 Å². The summed E-state index contributed by atoms with van der Waals surface area (Å²) in [6, 6.07) is 10.5. The number of para-hydroxylation sites is 1. The van der Waals surface area contributed by atoms with Crippen LogP contribution in [0.3, 0.4) is 0 Å². The second-order valence-electron chi connectivity index (χ2n) is 5.63.